The summed E-state index contributed by atoms with van der Waals surface area (Å²) in [4.78, 5) is 7.94. The van der Waals surface area contributed by atoms with Gasteiger partial charge in [0.05, 0.1) is 5.52 Å². The van der Waals surface area contributed by atoms with Crippen molar-refractivity contribution in [1.82, 2.24) is 20.2 Å². The zero-order valence-corrected chi connectivity index (χ0v) is 14.1. The third kappa shape index (κ3) is 2.52. The van der Waals surface area contributed by atoms with E-state index >= 15 is 0 Å². The Kier molecular flexibility index (Phi) is 3.13. The van der Waals surface area contributed by atoms with Crippen molar-refractivity contribution in [2.75, 3.05) is 5.73 Å². The maximum atomic E-state index is 5.95. The average molecular weight is 319 g/mol. The van der Waals surface area contributed by atoms with Crippen LogP contribution in [-0.2, 0) is 6.42 Å². The van der Waals surface area contributed by atoms with Crippen molar-refractivity contribution in [2.45, 2.75) is 27.2 Å². The smallest absolute Gasteiger partial charge is 0.153 e. The van der Waals surface area contributed by atoms with Gasteiger partial charge in [-0.25, -0.2) is 4.98 Å². The predicted octanol–water partition coefficient (Wildman–Crippen LogP) is 4.28. The van der Waals surface area contributed by atoms with Gasteiger partial charge in [-0.05, 0) is 47.2 Å². The fourth-order valence-corrected chi connectivity index (χ4v) is 3.20. The van der Waals surface area contributed by atoms with E-state index in [0.717, 1.165) is 39.5 Å². The van der Waals surface area contributed by atoms with Crippen LogP contribution in [0, 0.1) is 5.41 Å². The van der Waals surface area contributed by atoms with Gasteiger partial charge in [-0.15, -0.1) is 0 Å². The van der Waals surface area contributed by atoms with Crippen LogP contribution in [0.5, 0.6) is 0 Å². The van der Waals surface area contributed by atoms with Crippen LogP contribution in [0.25, 0.3) is 33.1 Å². The quantitative estimate of drug-likeness (QED) is 0.516. The van der Waals surface area contributed by atoms with Gasteiger partial charge in [-0.1, -0.05) is 26.8 Å². The van der Waals surface area contributed by atoms with Gasteiger partial charge in [0.2, 0.25) is 0 Å². The van der Waals surface area contributed by atoms with E-state index < -0.39 is 0 Å². The monoisotopic (exact) mass is 319 g/mol. The average Bonchev–Trinajstić information content (AvgIpc) is 3.08. The van der Waals surface area contributed by atoms with Gasteiger partial charge in [0, 0.05) is 22.7 Å². The number of fused-ring (bicyclic) bond motifs is 2. The molecule has 3 aromatic heterocycles. The number of nitrogens with one attached hydrogen (secondary N) is 2. The van der Waals surface area contributed by atoms with Crippen molar-refractivity contribution >= 4 is 27.8 Å². The molecular formula is C19H21N5. The van der Waals surface area contributed by atoms with Gasteiger partial charge in [-0.2, -0.15) is 5.10 Å². The molecular weight excluding hydrogens is 298 g/mol. The largest absolute Gasteiger partial charge is 0.382 e. The number of pyridine rings is 1. The first kappa shape index (κ1) is 14.8. The Hall–Kier alpha value is -2.82. The summed E-state index contributed by atoms with van der Waals surface area (Å²) in [5.41, 5.74) is 11.5. The second kappa shape index (κ2) is 5.09. The lowest BCUT2D eigenvalue weighted by Crippen LogP contribution is -2.09. The summed E-state index contributed by atoms with van der Waals surface area (Å²) in [7, 11) is 0. The lowest BCUT2D eigenvalue weighted by Gasteiger charge is -2.16. The predicted molar refractivity (Wildman–Crippen MR) is 98.8 cm³/mol. The highest BCUT2D eigenvalue weighted by molar-refractivity contribution is 5.98. The minimum Gasteiger partial charge on any atom is -0.382 e. The molecule has 3 heterocycles. The Morgan fingerprint density at radius 1 is 1.08 bits per heavy atom. The van der Waals surface area contributed by atoms with E-state index in [0.29, 0.717) is 5.82 Å². The molecule has 0 radical (unpaired) electrons. The minimum atomic E-state index is 0.227. The molecule has 0 unspecified atom stereocenters. The van der Waals surface area contributed by atoms with Crippen molar-refractivity contribution in [3.05, 3.63) is 42.2 Å². The second-order valence-corrected chi connectivity index (χ2v) is 7.52. The lowest BCUT2D eigenvalue weighted by atomic mass is 9.90. The Morgan fingerprint density at radius 3 is 2.71 bits per heavy atom. The molecule has 0 atom stereocenters. The van der Waals surface area contributed by atoms with Crippen LogP contribution in [0.3, 0.4) is 0 Å². The summed E-state index contributed by atoms with van der Waals surface area (Å²) in [5, 5.41) is 9.10. The minimum absolute atomic E-state index is 0.227. The summed E-state index contributed by atoms with van der Waals surface area (Å²) in [6, 6.07) is 10.5. The summed E-state index contributed by atoms with van der Waals surface area (Å²) >= 11 is 0. The molecule has 5 heteroatoms. The third-order valence-electron chi connectivity index (χ3n) is 4.21. The van der Waals surface area contributed by atoms with Gasteiger partial charge in [0.15, 0.2) is 5.82 Å². The number of anilines is 1. The molecule has 4 rings (SSSR count). The summed E-state index contributed by atoms with van der Waals surface area (Å²) in [6.07, 6.45) is 2.83. The number of hydrogen-bond acceptors (Lipinski definition) is 3. The molecule has 0 fully saturated rings. The van der Waals surface area contributed by atoms with Gasteiger partial charge in [-0.3, -0.25) is 5.10 Å². The highest BCUT2D eigenvalue weighted by Crippen LogP contribution is 2.32. The van der Waals surface area contributed by atoms with E-state index in [1.54, 1.807) is 0 Å². The summed E-state index contributed by atoms with van der Waals surface area (Å²) in [5.74, 6) is 0.527. The first-order valence-corrected chi connectivity index (χ1v) is 8.11. The van der Waals surface area contributed by atoms with E-state index in [1.165, 1.54) is 5.69 Å². The normalized spacial score (nSPS) is 12.3. The zero-order chi connectivity index (χ0) is 16.9. The van der Waals surface area contributed by atoms with E-state index in [2.05, 4.69) is 65.2 Å². The van der Waals surface area contributed by atoms with Gasteiger partial charge in [0.25, 0.3) is 0 Å². The van der Waals surface area contributed by atoms with Crippen molar-refractivity contribution < 1.29 is 0 Å². The van der Waals surface area contributed by atoms with Crippen molar-refractivity contribution in [2.24, 2.45) is 5.41 Å². The van der Waals surface area contributed by atoms with Crippen molar-refractivity contribution in [3.63, 3.8) is 0 Å². The molecule has 0 amide bonds. The molecule has 4 N–H and O–H groups in total. The molecule has 24 heavy (non-hydrogen) atoms. The van der Waals surface area contributed by atoms with Gasteiger partial charge in [0.1, 0.15) is 5.65 Å². The Bertz CT molecular complexity index is 1030. The molecule has 0 spiro atoms. The SMILES string of the molecule is CC(C)(C)Cc1cc2c(-c3ccc4[nH]nc(N)c4c3)ccnc2[nH]1. The number of nitrogen functional groups attached to an aromatic ring is 1. The molecule has 0 aliphatic carbocycles. The highest BCUT2D eigenvalue weighted by Gasteiger charge is 2.15. The Morgan fingerprint density at radius 2 is 1.92 bits per heavy atom. The number of hydrogen-bond donors (Lipinski definition) is 3. The number of nitrogens with zero attached hydrogens (tertiary/aromatic N) is 2. The number of aromatic nitrogens is 4. The number of benzene rings is 1. The Balaban J connectivity index is 1.87. The third-order valence-corrected chi connectivity index (χ3v) is 4.21. The molecule has 0 saturated carbocycles. The lowest BCUT2D eigenvalue weighted by molar-refractivity contribution is 0.407. The molecule has 1 aromatic carbocycles. The number of nitrogens with two attached hydrogens (primary N) is 1. The Labute approximate surface area is 140 Å². The summed E-state index contributed by atoms with van der Waals surface area (Å²) in [6.45, 7) is 6.72. The van der Waals surface area contributed by atoms with Crippen LogP contribution in [-0.4, -0.2) is 20.2 Å². The van der Waals surface area contributed by atoms with Crippen LogP contribution >= 0.6 is 0 Å². The number of rotatable bonds is 2. The van der Waals surface area contributed by atoms with E-state index in [9.17, 15) is 0 Å². The standard InChI is InChI=1S/C19H21N5/c1-19(2,3)10-12-9-14-13(6-7-21-18(14)22-12)11-4-5-16-15(8-11)17(20)24-23-16/h4-9H,10H2,1-3H3,(H,21,22)(H3,20,23,24). The van der Waals surface area contributed by atoms with Crippen LogP contribution in [0.2, 0.25) is 0 Å². The molecule has 4 aromatic rings. The van der Waals surface area contributed by atoms with E-state index in [-0.39, 0.29) is 5.41 Å². The fraction of sp³-hybridized carbons (Fsp3) is 0.263. The second-order valence-electron chi connectivity index (χ2n) is 7.52. The molecule has 0 aliphatic rings. The van der Waals surface area contributed by atoms with Crippen molar-refractivity contribution in [1.29, 1.82) is 0 Å². The van der Waals surface area contributed by atoms with Crippen LogP contribution in [0.4, 0.5) is 5.82 Å². The van der Waals surface area contributed by atoms with E-state index in [4.69, 9.17) is 5.73 Å². The van der Waals surface area contributed by atoms with Crippen molar-refractivity contribution in [3.8, 4) is 11.1 Å². The molecule has 0 bridgehead atoms. The maximum Gasteiger partial charge on any atom is 0.153 e. The van der Waals surface area contributed by atoms with Crippen LogP contribution in [0.15, 0.2) is 36.5 Å². The topological polar surface area (TPSA) is 83.4 Å². The number of H-pyrrole nitrogens is 2. The zero-order valence-electron chi connectivity index (χ0n) is 14.1. The number of aromatic amines is 2. The highest BCUT2D eigenvalue weighted by atomic mass is 15.1. The first-order valence-electron chi connectivity index (χ1n) is 8.11. The molecule has 122 valence electrons. The summed E-state index contributed by atoms with van der Waals surface area (Å²) < 4.78 is 0. The maximum absolute atomic E-state index is 5.95. The molecule has 0 aliphatic heterocycles. The van der Waals surface area contributed by atoms with Gasteiger partial charge < -0.3 is 10.7 Å². The molecule has 5 nitrogen and oxygen atoms in total. The molecule has 0 saturated heterocycles. The van der Waals surface area contributed by atoms with E-state index in [1.807, 2.05) is 12.3 Å². The first-order chi connectivity index (χ1) is 11.4. The van der Waals surface area contributed by atoms with Gasteiger partial charge >= 0.3 is 0 Å². The van der Waals surface area contributed by atoms with Crippen LogP contribution in [0.1, 0.15) is 26.5 Å². The fourth-order valence-electron chi connectivity index (χ4n) is 3.20. The van der Waals surface area contributed by atoms with Crippen LogP contribution < -0.4 is 5.73 Å².